The average Bonchev–Trinajstić information content (AvgIpc) is 2.52. The van der Waals surface area contributed by atoms with Crippen molar-refractivity contribution in [2.45, 2.75) is 6.92 Å². The van der Waals surface area contributed by atoms with Gasteiger partial charge in [0.05, 0.1) is 5.56 Å². The third kappa shape index (κ3) is 5.64. The molecule has 0 spiro atoms. The molecule has 1 amide bonds. The van der Waals surface area contributed by atoms with Crippen LogP contribution in [0.15, 0.2) is 48.5 Å². The number of anilines is 1. The van der Waals surface area contributed by atoms with Crippen molar-refractivity contribution in [1.82, 2.24) is 0 Å². The Labute approximate surface area is 139 Å². The number of esters is 1. The Kier molecular flexibility index (Phi) is 6.00. The third-order valence-electron chi connectivity index (χ3n) is 2.82. The molecule has 120 valence electrons. The molecule has 0 fully saturated rings. The minimum atomic E-state index is -0.475. The lowest BCUT2D eigenvalue weighted by atomic mass is 10.2. The molecule has 6 heteroatoms. The van der Waals surface area contributed by atoms with Crippen LogP contribution in [-0.2, 0) is 9.53 Å². The number of hydrogen-bond acceptors (Lipinski definition) is 4. The minimum Gasteiger partial charge on any atom is -0.490 e. The maximum Gasteiger partial charge on any atom is 0.338 e. The largest absolute Gasteiger partial charge is 0.490 e. The lowest BCUT2D eigenvalue weighted by Gasteiger charge is -2.08. The van der Waals surface area contributed by atoms with Gasteiger partial charge in [0.1, 0.15) is 19.0 Å². The van der Waals surface area contributed by atoms with Crippen LogP contribution in [0.4, 0.5) is 5.69 Å². The van der Waals surface area contributed by atoms with E-state index in [1.54, 1.807) is 48.5 Å². The molecular weight excluding hydrogens is 318 g/mol. The van der Waals surface area contributed by atoms with Crippen molar-refractivity contribution in [3.05, 3.63) is 59.1 Å². The van der Waals surface area contributed by atoms with E-state index in [0.29, 0.717) is 22.0 Å². The monoisotopic (exact) mass is 333 g/mol. The van der Waals surface area contributed by atoms with Gasteiger partial charge in [-0.15, -0.1) is 0 Å². The van der Waals surface area contributed by atoms with Gasteiger partial charge in [-0.3, -0.25) is 4.79 Å². The Balaban J connectivity index is 1.80. The number of amides is 1. The SMILES string of the molecule is CC(=O)Nc1cccc(C(=O)OCCOc2ccc(Cl)cc2)c1. The number of carbonyl (C=O) groups is 2. The molecule has 0 heterocycles. The van der Waals surface area contributed by atoms with Crippen LogP contribution in [0.2, 0.25) is 5.02 Å². The number of halogens is 1. The minimum absolute atomic E-state index is 0.117. The highest BCUT2D eigenvalue weighted by Gasteiger charge is 2.08. The van der Waals surface area contributed by atoms with E-state index < -0.39 is 5.97 Å². The molecule has 23 heavy (non-hydrogen) atoms. The maximum absolute atomic E-state index is 11.9. The molecule has 0 aromatic heterocycles. The molecule has 0 aliphatic heterocycles. The number of ether oxygens (including phenoxy) is 2. The lowest BCUT2D eigenvalue weighted by molar-refractivity contribution is -0.114. The van der Waals surface area contributed by atoms with Crippen molar-refractivity contribution in [1.29, 1.82) is 0 Å². The van der Waals surface area contributed by atoms with Gasteiger partial charge in [0.15, 0.2) is 0 Å². The van der Waals surface area contributed by atoms with Crippen LogP contribution < -0.4 is 10.1 Å². The van der Waals surface area contributed by atoms with Crippen molar-refractivity contribution in [2.75, 3.05) is 18.5 Å². The quantitative estimate of drug-likeness (QED) is 0.648. The van der Waals surface area contributed by atoms with Crippen molar-refractivity contribution in [2.24, 2.45) is 0 Å². The highest BCUT2D eigenvalue weighted by Crippen LogP contribution is 2.15. The molecule has 2 rings (SSSR count). The molecular formula is C17H16ClNO4. The van der Waals surface area contributed by atoms with Gasteiger partial charge >= 0.3 is 5.97 Å². The highest BCUT2D eigenvalue weighted by atomic mass is 35.5. The van der Waals surface area contributed by atoms with Crippen molar-refractivity contribution >= 4 is 29.2 Å². The molecule has 0 aliphatic carbocycles. The molecule has 2 aromatic rings. The molecule has 5 nitrogen and oxygen atoms in total. The summed E-state index contributed by atoms with van der Waals surface area (Å²) >= 11 is 5.78. The third-order valence-corrected chi connectivity index (χ3v) is 3.07. The molecule has 0 saturated carbocycles. The second kappa shape index (κ2) is 8.19. The van der Waals surface area contributed by atoms with E-state index in [1.165, 1.54) is 6.92 Å². The Morgan fingerprint density at radius 2 is 1.83 bits per heavy atom. The van der Waals surface area contributed by atoms with Gasteiger partial charge in [0, 0.05) is 17.6 Å². The van der Waals surface area contributed by atoms with E-state index in [0.717, 1.165) is 0 Å². The van der Waals surface area contributed by atoms with Crippen LogP contribution >= 0.6 is 11.6 Å². The summed E-state index contributed by atoms with van der Waals surface area (Å²) in [5.74, 6) is -0.0260. The van der Waals surface area contributed by atoms with Gasteiger partial charge in [0.25, 0.3) is 0 Å². The summed E-state index contributed by atoms with van der Waals surface area (Å²) in [5.41, 5.74) is 0.909. The summed E-state index contributed by atoms with van der Waals surface area (Å²) < 4.78 is 10.6. The highest BCUT2D eigenvalue weighted by molar-refractivity contribution is 6.30. The summed E-state index contributed by atoms with van der Waals surface area (Å²) in [6, 6.07) is 13.5. The van der Waals surface area contributed by atoms with Crippen LogP contribution in [0.25, 0.3) is 0 Å². The fourth-order valence-electron chi connectivity index (χ4n) is 1.84. The first-order valence-electron chi connectivity index (χ1n) is 6.98. The van der Waals surface area contributed by atoms with E-state index in [4.69, 9.17) is 21.1 Å². The van der Waals surface area contributed by atoms with E-state index in [1.807, 2.05) is 0 Å². The molecule has 0 atom stereocenters. The normalized spacial score (nSPS) is 10.0. The van der Waals surface area contributed by atoms with Gasteiger partial charge < -0.3 is 14.8 Å². The summed E-state index contributed by atoms with van der Waals surface area (Å²) in [6.07, 6.45) is 0. The molecule has 0 unspecified atom stereocenters. The first-order chi connectivity index (χ1) is 11.0. The Morgan fingerprint density at radius 1 is 1.09 bits per heavy atom. The van der Waals surface area contributed by atoms with E-state index in [-0.39, 0.29) is 19.1 Å². The van der Waals surface area contributed by atoms with Gasteiger partial charge in [0.2, 0.25) is 5.91 Å². The molecule has 0 aliphatic rings. The summed E-state index contributed by atoms with van der Waals surface area (Å²) in [7, 11) is 0. The number of rotatable bonds is 6. The van der Waals surface area contributed by atoms with Crippen LogP contribution in [-0.4, -0.2) is 25.1 Å². The van der Waals surface area contributed by atoms with E-state index >= 15 is 0 Å². The summed E-state index contributed by atoms with van der Waals surface area (Å²) in [6.45, 7) is 1.75. The standard InChI is InChI=1S/C17H16ClNO4/c1-12(20)19-15-4-2-3-13(11-15)17(21)23-10-9-22-16-7-5-14(18)6-8-16/h2-8,11H,9-10H2,1H3,(H,19,20). The predicted molar refractivity (Wildman–Crippen MR) is 88.0 cm³/mol. The second-order valence-corrected chi connectivity index (χ2v) is 5.14. The fourth-order valence-corrected chi connectivity index (χ4v) is 1.96. The zero-order chi connectivity index (χ0) is 16.7. The van der Waals surface area contributed by atoms with Crippen LogP contribution in [0, 0.1) is 0 Å². The van der Waals surface area contributed by atoms with Gasteiger partial charge in [-0.1, -0.05) is 17.7 Å². The number of carbonyl (C=O) groups excluding carboxylic acids is 2. The number of hydrogen-bond donors (Lipinski definition) is 1. The molecule has 0 bridgehead atoms. The van der Waals surface area contributed by atoms with E-state index in [2.05, 4.69) is 5.32 Å². The van der Waals surface area contributed by atoms with Gasteiger partial charge in [-0.25, -0.2) is 4.79 Å². The predicted octanol–water partition coefficient (Wildman–Crippen LogP) is 3.53. The Bertz CT molecular complexity index is 685. The zero-order valence-electron chi connectivity index (χ0n) is 12.5. The number of nitrogens with one attached hydrogen (secondary N) is 1. The molecule has 0 radical (unpaired) electrons. The van der Waals surface area contributed by atoms with Gasteiger partial charge in [-0.05, 0) is 42.5 Å². The van der Waals surface area contributed by atoms with Crippen molar-refractivity contribution in [3.63, 3.8) is 0 Å². The Morgan fingerprint density at radius 3 is 2.52 bits per heavy atom. The van der Waals surface area contributed by atoms with Crippen LogP contribution in [0.5, 0.6) is 5.75 Å². The molecule has 1 N–H and O–H groups in total. The topological polar surface area (TPSA) is 64.6 Å². The maximum atomic E-state index is 11.9. The first kappa shape index (κ1) is 16.8. The van der Waals surface area contributed by atoms with Crippen LogP contribution in [0.3, 0.4) is 0 Å². The summed E-state index contributed by atoms with van der Waals surface area (Å²) in [5, 5.41) is 3.24. The summed E-state index contributed by atoms with van der Waals surface area (Å²) in [4.78, 5) is 22.9. The lowest BCUT2D eigenvalue weighted by Crippen LogP contribution is -2.13. The van der Waals surface area contributed by atoms with Gasteiger partial charge in [-0.2, -0.15) is 0 Å². The fraction of sp³-hybridized carbons (Fsp3) is 0.176. The second-order valence-electron chi connectivity index (χ2n) is 4.70. The molecule has 0 saturated heterocycles. The first-order valence-corrected chi connectivity index (χ1v) is 7.35. The van der Waals surface area contributed by atoms with E-state index in [9.17, 15) is 9.59 Å². The zero-order valence-corrected chi connectivity index (χ0v) is 13.3. The van der Waals surface area contributed by atoms with Crippen molar-refractivity contribution < 1.29 is 19.1 Å². The average molecular weight is 334 g/mol. The van der Waals surface area contributed by atoms with Crippen molar-refractivity contribution in [3.8, 4) is 5.75 Å². The van der Waals surface area contributed by atoms with Crippen LogP contribution in [0.1, 0.15) is 17.3 Å². The Hall–Kier alpha value is -2.53. The smallest absolute Gasteiger partial charge is 0.338 e. The molecule has 2 aromatic carbocycles. The number of benzene rings is 2.